The van der Waals surface area contributed by atoms with Crippen LogP contribution in [-0.2, 0) is 0 Å². The molecule has 0 radical (unpaired) electrons. The van der Waals surface area contributed by atoms with Crippen molar-refractivity contribution in [1.82, 2.24) is 0 Å². The Bertz CT molecular complexity index is 596. The Labute approximate surface area is 168 Å². The van der Waals surface area contributed by atoms with Crippen molar-refractivity contribution in [3.05, 3.63) is 35.5 Å². The second-order valence-corrected chi connectivity index (χ2v) is 10.9. The first-order valence-corrected chi connectivity index (χ1v) is 11.9. The molecule has 9 unspecified atom stereocenters. The maximum Gasteiger partial charge on any atom is -0.0197 e. The van der Waals surface area contributed by atoms with E-state index in [1.165, 1.54) is 44.9 Å². The van der Waals surface area contributed by atoms with Gasteiger partial charge in [-0.1, -0.05) is 56.2 Å². The molecule has 0 spiro atoms. The lowest BCUT2D eigenvalue weighted by atomic mass is 9.86. The Morgan fingerprint density at radius 1 is 0.704 bits per heavy atom. The van der Waals surface area contributed by atoms with Crippen LogP contribution in [0.4, 0.5) is 0 Å². The molecule has 0 aliphatic heterocycles. The van der Waals surface area contributed by atoms with Gasteiger partial charge in [0.15, 0.2) is 0 Å². The van der Waals surface area contributed by atoms with E-state index in [1.54, 1.807) is 16.7 Å². The molecule has 6 bridgehead atoms. The fraction of sp³-hybridized carbons (Fsp3) is 0.778. The van der Waals surface area contributed by atoms with E-state index in [0.717, 1.165) is 53.3 Å². The topological polar surface area (TPSA) is 0 Å². The average molecular weight is 367 g/mol. The molecule has 0 heterocycles. The molecule has 27 heavy (non-hydrogen) atoms. The molecule has 9 atom stereocenters. The van der Waals surface area contributed by atoms with Crippen LogP contribution in [0.15, 0.2) is 35.5 Å². The fourth-order valence-corrected chi connectivity index (χ4v) is 7.21. The average Bonchev–Trinajstić information content (AvgIpc) is 3.48. The predicted molar refractivity (Wildman–Crippen MR) is 117 cm³/mol. The van der Waals surface area contributed by atoms with Crippen molar-refractivity contribution < 1.29 is 0 Å². The molecule has 0 saturated heterocycles. The Hall–Kier alpha value is -0.780. The van der Waals surface area contributed by atoms with Gasteiger partial charge in [0.05, 0.1) is 0 Å². The molecule has 0 nitrogen and oxygen atoms in total. The van der Waals surface area contributed by atoms with Gasteiger partial charge in [0, 0.05) is 0 Å². The molecule has 150 valence electrons. The molecule has 0 N–H and O–H groups in total. The third-order valence-electron chi connectivity index (χ3n) is 9.90. The monoisotopic (exact) mass is 366 g/mol. The molecule has 0 amide bonds. The lowest BCUT2D eigenvalue weighted by molar-refractivity contribution is 0.364. The Morgan fingerprint density at radius 3 is 1.48 bits per heavy atom. The van der Waals surface area contributed by atoms with Crippen molar-refractivity contribution in [2.75, 3.05) is 0 Å². The molecular weight excluding hydrogens is 324 g/mol. The number of hydrogen-bond donors (Lipinski definition) is 0. The summed E-state index contributed by atoms with van der Waals surface area (Å²) in [5.74, 6) is 8.57. The summed E-state index contributed by atoms with van der Waals surface area (Å²) in [6.07, 6.45) is 15.1. The van der Waals surface area contributed by atoms with E-state index in [2.05, 4.69) is 53.3 Å². The van der Waals surface area contributed by atoms with Gasteiger partial charge in [-0.3, -0.25) is 0 Å². The number of fused-ring (bicyclic) bond motifs is 6. The first kappa shape index (κ1) is 19.5. The van der Waals surface area contributed by atoms with Gasteiger partial charge in [-0.15, -0.1) is 0 Å². The normalized spacial score (nSPS) is 48.0. The Morgan fingerprint density at radius 2 is 1.22 bits per heavy atom. The lowest BCUT2D eigenvalue weighted by Crippen LogP contribution is -2.12. The van der Waals surface area contributed by atoms with Gasteiger partial charge in [-0.2, -0.15) is 0 Å². The van der Waals surface area contributed by atoms with Gasteiger partial charge in [0.1, 0.15) is 0 Å². The highest BCUT2D eigenvalue weighted by Gasteiger charge is 2.40. The maximum atomic E-state index is 4.12. The minimum absolute atomic E-state index is 0.851. The molecule has 0 aromatic heterocycles. The number of hydrogen-bond acceptors (Lipinski definition) is 0. The van der Waals surface area contributed by atoms with Crippen LogP contribution in [0.3, 0.4) is 0 Å². The highest BCUT2D eigenvalue weighted by atomic mass is 14.4. The predicted octanol–water partition coefficient (Wildman–Crippen LogP) is 7.83. The van der Waals surface area contributed by atoms with E-state index in [4.69, 9.17) is 0 Å². The summed E-state index contributed by atoms with van der Waals surface area (Å²) in [6, 6.07) is 0. The fourth-order valence-electron chi connectivity index (χ4n) is 7.21. The molecule has 4 fully saturated rings. The summed E-state index contributed by atoms with van der Waals surface area (Å²) in [5, 5.41) is 0. The number of allylic oxidation sites excluding steroid dienone is 5. The summed E-state index contributed by atoms with van der Waals surface area (Å²) in [5.41, 5.74) is 4.98. The van der Waals surface area contributed by atoms with Crippen LogP contribution in [-0.4, -0.2) is 0 Å². The van der Waals surface area contributed by atoms with E-state index in [0.29, 0.717) is 0 Å². The molecule has 0 aromatic carbocycles. The molecule has 0 aromatic rings. The zero-order valence-electron chi connectivity index (χ0n) is 18.5. The first-order valence-electron chi connectivity index (χ1n) is 11.9. The summed E-state index contributed by atoms with van der Waals surface area (Å²) in [4.78, 5) is 0. The molecule has 6 aliphatic rings. The number of rotatable bonds is 0. The van der Waals surface area contributed by atoms with Gasteiger partial charge in [0.25, 0.3) is 0 Å². The molecule has 0 heteroatoms. The summed E-state index contributed by atoms with van der Waals surface area (Å²) >= 11 is 0. The zero-order valence-corrected chi connectivity index (χ0v) is 18.5. The SMILES string of the molecule is C=C1C2CCC(C2)C1C.CC1=C(C)C2CCC1C2.CC1C2C=CC(C2)C1C. The van der Waals surface area contributed by atoms with Crippen LogP contribution < -0.4 is 0 Å². The van der Waals surface area contributed by atoms with E-state index < -0.39 is 0 Å². The van der Waals surface area contributed by atoms with Crippen molar-refractivity contribution in [2.45, 2.75) is 79.6 Å². The smallest absolute Gasteiger partial charge is 0.0197 e. The van der Waals surface area contributed by atoms with Crippen LogP contribution in [0, 0.1) is 53.3 Å². The van der Waals surface area contributed by atoms with Crippen LogP contribution in [0.2, 0.25) is 0 Å². The molecule has 6 rings (SSSR count). The van der Waals surface area contributed by atoms with Crippen LogP contribution in [0.5, 0.6) is 0 Å². The third-order valence-corrected chi connectivity index (χ3v) is 9.90. The van der Waals surface area contributed by atoms with Crippen LogP contribution >= 0.6 is 0 Å². The van der Waals surface area contributed by atoms with Crippen molar-refractivity contribution in [3.8, 4) is 0 Å². The molecule has 6 aliphatic carbocycles. The minimum atomic E-state index is 0.851. The Balaban J connectivity index is 0.0000001000. The first-order chi connectivity index (χ1) is 12.9. The Kier molecular flexibility index (Phi) is 5.47. The van der Waals surface area contributed by atoms with E-state index in [1.807, 2.05) is 0 Å². The highest BCUT2D eigenvalue weighted by Crippen LogP contribution is 2.51. The minimum Gasteiger partial charge on any atom is -0.0993 e. The van der Waals surface area contributed by atoms with Gasteiger partial charge < -0.3 is 0 Å². The highest BCUT2D eigenvalue weighted by molar-refractivity contribution is 5.25. The lowest BCUT2D eigenvalue weighted by Gasteiger charge is -2.19. The van der Waals surface area contributed by atoms with Crippen molar-refractivity contribution in [1.29, 1.82) is 0 Å². The third kappa shape index (κ3) is 3.51. The van der Waals surface area contributed by atoms with Crippen molar-refractivity contribution >= 4 is 0 Å². The quantitative estimate of drug-likeness (QED) is 0.383. The van der Waals surface area contributed by atoms with Crippen LogP contribution in [0.25, 0.3) is 0 Å². The van der Waals surface area contributed by atoms with E-state index in [9.17, 15) is 0 Å². The largest absolute Gasteiger partial charge is 0.0993 e. The maximum absolute atomic E-state index is 4.12. The second kappa shape index (κ2) is 7.57. The van der Waals surface area contributed by atoms with Gasteiger partial charge >= 0.3 is 0 Å². The zero-order chi connectivity index (χ0) is 19.3. The van der Waals surface area contributed by atoms with Gasteiger partial charge in [0.2, 0.25) is 0 Å². The van der Waals surface area contributed by atoms with Gasteiger partial charge in [-0.05, 0) is 112 Å². The van der Waals surface area contributed by atoms with Crippen molar-refractivity contribution in [3.63, 3.8) is 0 Å². The summed E-state index contributed by atoms with van der Waals surface area (Å²) < 4.78 is 0. The van der Waals surface area contributed by atoms with E-state index >= 15 is 0 Å². The van der Waals surface area contributed by atoms with Gasteiger partial charge in [-0.25, -0.2) is 0 Å². The summed E-state index contributed by atoms with van der Waals surface area (Å²) in [6.45, 7) is 15.9. The molecule has 4 saturated carbocycles. The molecular formula is C27H42. The summed E-state index contributed by atoms with van der Waals surface area (Å²) in [7, 11) is 0. The van der Waals surface area contributed by atoms with Crippen LogP contribution in [0.1, 0.15) is 79.6 Å². The van der Waals surface area contributed by atoms with Crippen molar-refractivity contribution in [2.24, 2.45) is 53.3 Å². The second-order valence-electron chi connectivity index (χ2n) is 10.9. The standard InChI is InChI=1S/3C9H14/c3*1-6-7(2)9-4-3-8(6)5-9/h8-9H,3-5H2,1-2H3;3-4,6-9H,5H2,1-2H3;7-9H,1,3-5H2,2H3. The van der Waals surface area contributed by atoms with E-state index in [-0.39, 0.29) is 0 Å².